The van der Waals surface area contributed by atoms with Gasteiger partial charge in [-0.15, -0.1) is 0 Å². The Morgan fingerprint density at radius 3 is 2.38 bits per heavy atom. The number of rotatable bonds is 6. The lowest BCUT2D eigenvalue weighted by Crippen LogP contribution is -2.29. The molecule has 37 heavy (non-hydrogen) atoms. The molecule has 11 heteroatoms. The Morgan fingerprint density at radius 2 is 1.65 bits per heavy atom. The number of nitrogens with zero attached hydrogens (tertiary/aromatic N) is 3. The molecule has 2 aromatic carbocycles. The molecule has 0 aliphatic carbocycles. The van der Waals surface area contributed by atoms with Gasteiger partial charge < -0.3 is 20.4 Å². The summed E-state index contributed by atoms with van der Waals surface area (Å²) in [6, 6.07) is 11.8. The van der Waals surface area contributed by atoms with Gasteiger partial charge in [-0.25, -0.2) is 13.8 Å². The summed E-state index contributed by atoms with van der Waals surface area (Å²) in [6.07, 6.45) is -0.577. The minimum atomic E-state index is -2.86. The van der Waals surface area contributed by atoms with Crippen molar-refractivity contribution in [3.63, 3.8) is 0 Å². The SMILES string of the molecule is CN1CCCN(c2ccc(C(=O)Nc3ccc(Cl)cc3C(=O)Nc3ccc(Cl)cn3)c(C(F)F)c2)CC1. The van der Waals surface area contributed by atoms with Gasteiger partial charge in [0.1, 0.15) is 5.82 Å². The number of carbonyl (C=O) groups excluding carboxylic acids is 2. The van der Waals surface area contributed by atoms with Crippen LogP contribution in [0.25, 0.3) is 0 Å². The molecular weight excluding hydrogens is 523 g/mol. The van der Waals surface area contributed by atoms with Crippen molar-refractivity contribution in [2.24, 2.45) is 0 Å². The Kier molecular flexibility index (Phi) is 8.58. The Labute approximate surface area is 223 Å². The van der Waals surface area contributed by atoms with Crippen LogP contribution in [0.1, 0.15) is 39.1 Å². The molecule has 1 aliphatic rings. The number of pyridine rings is 1. The Bertz CT molecular complexity index is 1290. The second kappa shape index (κ2) is 11.9. The largest absolute Gasteiger partial charge is 0.370 e. The number of aromatic nitrogens is 1. The Hall–Kier alpha value is -3.27. The number of anilines is 3. The van der Waals surface area contributed by atoms with Crippen LogP contribution in [0.15, 0.2) is 54.7 Å². The molecule has 7 nitrogen and oxygen atoms in total. The Morgan fingerprint density at radius 1 is 0.892 bits per heavy atom. The van der Waals surface area contributed by atoms with Gasteiger partial charge in [0.15, 0.2) is 0 Å². The highest BCUT2D eigenvalue weighted by atomic mass is 35.5. The van der Waals surface area contributed by atoms with Gasteiger partial charge in [-0.2, -0.15) is 0 Å². The van der Waals surface area contributed by atoms with Gasteiger partial charge in [0.2, 0.25) is 0 Å². The number of benzene rings is 2. The summed E-state index contributed by atoms with van der Waals surface area (Å²) in [5, 5.41) is 5.84. The molecule has 0 atom stereocenters. The normalized spacial score (nSPS) is 14.4. The third-order valence-corrected chi connectivity index (χ3v) is 6.50. The van der Waals surface area contributed by atoms with Crippen molar-refractivity contribution < 1.29 is 18.4 Å². The topological polar surface area (TPSA) is 77.6 Å². The molecular formula is C26H25Cl2F2N5O2. The smallest absolute Gasteiger partial charge is 0.264 e. The van der Waals surface area contributed by atoms with Crippen LogP contribution >= 0.6 is 23.2 Å². The van der Waals surface area contributed by atoms with E-state index in [1.165, 1.54) is 42.6 Å². The Balaban J connectivity index is 1.58. The number of alkyl halides is 2. The van der Waals surface area contributed by atoms with E-state index in [9.17, 15) is 18.4 Å². The first-order valence-electron chi connectivity index (χ1n) is 11.6. The van der Waals surface area contributed by atoms with Gasteiger partial charge >= 0.3 is 0 Å². The fraction of sp³-hybridized carbons (Fsp3) is 0.269. The van der Waals surface area contributed by atoms with Crippen LogP contribution in [0.4, 0.5) is 26.0 Å². The second-order valence-electron chi connectivity index (χ2n) is 8.68. The predicted octanol–water partition coefficient (Wildman–Crippen LogP) is 5.97. The first-order chi connectivity index (χ1) is 17.7. The van der Waals surface area contributed by atoms with Crippen molar-refractivity contribution in [3.05, 3.63) is 81.5 Å². The van der Waals surface area contributed by atoms with Gasteiger partial charge in [-0.3, -0.25) is 9.59 Å². The van der Waals surface area contributed by atoms with Gasteiger partial charge in [-0.1, -0.05) is 23.2 Å². The van der Waals surface area contributed by atoms with Gasteiger partial charge in [-0.05, 0) is 68.5 Å². The minimum absolute atomic E-state index is 0.0431. The van der Waals surface area contributed by atoms with E-state index in [4.69, 9.17) is 23.2 Å². The maximum Gasteiger partial charge on any atom is 0.264 e. The molecule has 0 spiro atoms. The summed E-state index contributed by atoms with van der Waals surface area (Å²) < 4.78 is 28.1. The van der Waals surface area contributed by atoms with E-state index in [0.29, 0.717) is 17.3 Å². The number of carbonyl (C=O) groups is 2. The van der Waals surface area contributed by atoms with Crippen LogP contribution in [-0.2, 0) is 0 Å². The number of nitrogens with one attached hydrogen (secondary N) is 2. The first kappa shape index (κ1) is 26.8. The quantitative estimate of drug-likeness (QED) is 0.397. The highest BCUT2D eigenvalue weighted by Crippen LogP contribution is 2.30. The molecule has 4 rings (SSSR count). The predicted molar refractivity (Wildman–Crippen MR) is 142 cm³/mol. The molecule has 0 saturated carbocycles. The van der Waals surface area contributed by atoms with Crippen molar-refractivity contribution in [1.82, 2.24) is 9.88 Å². The van der Waals surface area contributed by atoms with E-state index in [-0.39, 0.29) is 33.2 Å². The second-order valence-corrected chi connectivity index (χ2v) is 9.55. The zero-order chi connectivity index (χ0) is 26.5. The third-order valence-electron chi connectivity index (χ3n) is 6.04. The van der Waals surface area contributed by atoms with E-state index in [1.807, 2.05) is 11.9 Å². The van der Waals surface area contributed by atoms with Crippen LogP contribution in [0.5, 0.6) is 0 Å². The summed E-state index contributed by atoms with van der Waals surface area (Å²) in [7, 11) is 2.03. The highest BCUT2D eigenvalue weighted by Gasteiger charge is 2.23. The van der Waals surface area contributed by atoms with Gasteiger partial charge in [0.05, 0.1) is 16.3 Å². The summed E-state index contributed by atoms with van der Waals surface area (Å²) in [5.41, 5.74) is 0.246. The third kappa shape index (κ3) is 6.74. The van der Waals surface area contributed by atoms with Crippen molar-refractivity contribution in [3.8, 4) is 0 Å². The van der Waals surface area contributed by atoms with E-state index >= 15 is 0 Å². The van der Waals surface area contributed by atoms with Gasteiger partial charge in [0, 0.05) is 47.7 Å². The van der Waals surface area contributed by atoms with Crippen LogP contribution < -0.4 is 15.5 Å². The van der Waals surface area contributed by atoms with Crippen LogP contribution in [0.3, 0.4) is 0 Å². The summed E-state index contributed by atoms with van der Waals surface area (Å²) in [4.78, 5) is 34.3. The molecule has 1 saturated heterocycles. The fourth-order valence-corrected chi connectivity index (χ4v) is 4.36. The zero-order valence-electron chi connectivity index (χ0n) is 20.0. The molecule has 3 aromatic rings. The van der Waals surface area contributed by atoms with E-state index in [0.717, 1.165) is 26.1 Å². The van der Waals surface area contributed by atoms with Crippen LogP contribution in [0.2, 0.25) is 10.0 Å². The first-order valence-corrected chi connectivity index (χ1v) is 12.4. The molecule has 1 aromatic heterocycles. The summed E-state index contributed by atoms with van der Waals surface area (Å²) in [5.74, 6) is -1.12. The number of halogens is 4. The highest BCUT2D eigenvalue weighted by molar-refractivity contribution is 6.31. The maximum absolute atomic E-state index is 14.0. The van der Waals surface area contributed by atoms with Crippen molar-refractivity contribution in [1.29, 1.82) is 0 Å². The minimum Gasteiger partial charge on any atom is -0.370 e. The molecule has 0 bridgehead atoms. The van der Waals surface area contributed by atoms with E-state index < -0.39 is 18.2 Å². The number of amides is 2. The van der Waals surface area contributed by atoms with Crippen molar-refractivity contribution >= 4 is 52.2 Å². The molecule has 1 fully saturated rings. The molecule has 2 N–H and O–H groups in total. The average molecular weight is 548 g/mol. The monoisotopic (exact) mass is 547 g/mol. The van der Waals surface area contributed by atoms with E-state index in [2.05, 4.69) is 20.5 Å². The number of hydrogen-bond donors (Lipinski definition) is 2. The molecule has 2 heterocycles. The molecule has 0 radical (unpaired) electrons. The van der Waals surface area contributed by atoms with Crippen molar-refractivity contribution in [2.45, 2.75) is 12.8 Å². The maximum atomic E-state index is 14.0. The lowest BCUT2D eigenvalue weighted by atomic mass is 10.0. The summed E-state index contributed by atoms with van der Waals surface area (Å²) >= 11 is 11.9. The molecule has 0 unspecified atom stereocenters. The van der Waals surface area contributed by atoms with Crippen molar-refractivity contribution in [2.75, 3.05) is 48.8 Å². The van der Waals surface area contributed by atoms with E-state index in [1.54, 1.807) is 12.1 Å². The standard InChI is InChI=1S/C26H25Cl2F2N5O2/c1-34-9-2-10-35(12-11-34)18-5-6-19(20(14-18)24(29)30)25(36)32-22-7-3-16(27)13-21(22)26(37)33-23-8-4-17(28)15-31-23/h3-8,13-15,24H,2,9-12H2,1H3,(H,32,36)(H,31,33,37). The number of likely N-dealkylation sites (N-methyl/N-ethyl adjacent to an activating group) is 1. The van der Waals surface area contributed by atoms with Crippen LogP contribution in [-0.4, -0.2) is 54.9 Å². The molecule has 194 valence electrons. The van der Waals surface area contributed by atoms with Crippen LogP contribution in [0, 0.1) is 0 Å². The summed E-state index contributed by atoms with van der Waals surface area (Å²) in [6.45, 7) is 3.20. The molecule has 2 amide bonds. The average Bonchev–Trinajstić information content (AvgIpc) is 3.10. The molecule has 1 aliphatic heterocycles. The number of hydrogen-bond acceptors (Lipinski definition) is 5. The fourth-order valence-electron chi connectivity index (χ4n) is 4.08. The van der Waals surface area contributed by atoms with Gasteiger partial charge in [0.25, 0.3) is 18.2 Å². The lowest BCUT2D eigenvalue weighted by molar-refractivity contribution is 0.101. The lowest BCUT2D eigenvalue weighted by Gasteiger charge is -2.24. The zero-order valence-corrected chi connectivity index (χ0v) is 21.5.